The molecule has 0 saturated heterocycles. The quantitative estimate of drug-likeness (QED) is 0.483. The Morgan fingerprint density at radius 2 is 1.89 bits per heavy atom. The molecule has 0 spiro atoms. The molecular formula is C17H19N5O4S. The van der Waals surface area contributed by atoms with E-state index in [0.29, 0.717) is 29.7 Å². The first-order chi connectivity index (χ1) is 13.0. The van der Waals surface area contributed by atoms with Crippen LogP contribution < -0.4 is 15.4 Å². The van der Waals surface area contributed by atoms with E-state index < -0.39 is 10.0 Å². The summed E-state index contributed by atoms with van der Waals surface area (Å²) in [6, 6.07) is 11.0. The molecule has 1 heterocycles. The van der Waals surface area contributed by atoms with Crippen molar-refractivity contribution in [3.8, 4) is 0 Å². The molecule has 0 aliphatic carbocycles. The number of likely N-dealkylation sites (N-methyl/N-ethyl adjacent to an activating group) is 1. The third kappa shape index (κ3) is 4.67. The van der Waals surface area contributed by atoms with Gasteiger partial charge in [0, 0.05) is 25.2 Å². The Morgan fingerprint density at radius 3 is 2.70 bits per heavy atom. The summed E-state index contributed by atoms with van der Waals surface area (Å²) >= 11 is 0. The summed E-state index contributed by atoms with van der Waals surface area (Å²) < 4.78 is 32.3. The van der Waals surface area contributed by atoms with Gasteiger partial charge in [0.25, 0.3) is 5.91 Å². The van der Waals surface area contributed by atoms with E-state index in [4.69, 9.17) is 0 Å². The highest BCUT2D eigenvalue weighted by Crippen LogP contribution is 2.14. The molecule has 0 fully saturated rings. The average Bonchev–Trinajstić information content (AvgIpc) is 3.14. The molecule has 3 aromatic rings. The van der Waals surface area contributed by atoms with Crippen LogP contribution in [0.3, 0.4) is 0 Å². The predicted octanol–water partition coefficient (Wildman–Crippen LogP) is 0.651. The molecular weight excluding hydrogens is 370 g/mol. The minimum atomic E-state index is -3.78. The van der Waals surface area contributed by atoms with Crippen molar-refractivity contribution in [3.63, 3.8) is 0 Å². The van der Waals surface area contributed by atoms with Crippen molar-refractivity contribution in [1.82, 2.24) is 25.7 Å². The van der Waals surface area contributed by atoms with Gasteiger partial charge in [0.1, 0.15) is 11.0 Å². The number of rotatable bonds is 8. The number of fused-ring (bicyclic) bond motifs is 1. The highest BCUT2D eigenvalue weighted by atomic mass is 32.2. The number of benzene rings is 2. The van der Waals surface area contributed by atoms with Gasteiger partial charge in [-0.15, -0.1) is 0 Å². The molecule has 2 aromatic carbocycles. The molecule has 1 aromatic heterocycles. The molecule has 10 heteroatoms. The molecule has 9 nitrogen and oxygen atoms in total. The molecule has 0 aliphatic rings. The molecule has 0 aliphatic heterocycles. The van der Waals surface area contributed by atoms with Crippen LogP contribution in [0.5, 0.6) is 0 Å². The molecule has 3 N–H and O–H groups in total. The van der Waals surface area contributed by atoms with Gasteiger partial charge in [-0.1, -0.05) is 12.1 Å². The summed E-state index contributed by atoms with van der Waals surface area (Å²) in [7, 11) is -2.00. The first-order valence-corrected chi connectivity index (χ1v) is 9.71. The highest BCUT2D eigenvalue weighted by molar-refractivity contribution is 7.89. The molecule has 0 saturated carbocycles. The van der Waals surface area contributed by atoms with Gasteiger partial charge in [-0.3, -0.25) is 4.79 Å². The monoisotopic (exact) mass is 389 g/mol. The Kier molecular flexibility index (Phi) is 5.79. The van der Waals surface area contributed by atoms with E-state index in [1.54, 1.807) is 31.3 Å². The Hall–Kier alpha value is -2.82. The van der Waals surface area contributed by atoms with Crippen LogP contribution in [0.25, 0.3) is 11.0 Å². The van der Waals surface area contributed by atoms with Crippen LogP contribution in [0, 0.1) is 0 Å². The van der Waals surface area contributed by atoms with E-state index in [9.17, 15) is 13.2 Å². The summed E-state index contributed by atoms with van der Waals surface area (Å²) in [5, 5.41) is 13.1. The van der Waals surface area contributed by atoms with E-state index in [2.05, 4.69) is 30.3 Å². The van der Waals surface area contributed by atoms with Gasteiger partial charge in [0.15, 0.2) is 0 Å². The minimum absolute atomic E-state index is 0.0212. The fourth-order valence-corrected chi connectivity index (χ4v) is 3.47. The van der Waals surface area contributed by atoms with Crippen LogP contribution in [0.1, 0.15) is 15.9 Å². The summed E-state index contributed by atoms with van der Waals surface area (Å²) in [5.41, 5.74) is 2.14. The Labute approximate surface area is 156 Å². The average molecular weight is 389 g/mol. The number of amides is 1. The van der Waals surface area contributed by atoms with E-state index in [1.165, 1.54) is 18.2 Å². The highest BCUT2D eigenvalue weighted by Gasteiger charge is 2.16. The van der Waals surface area contributed by atoms with Gasteiger partial charge in [-0.05, 0) is 53.3 Å². The zero-order valence-electron chi connectivity index (χ0n) is 14.6. The lowest BCUT2D eigenvalue weighted by molar-refractivity contribution is 0.0954. The number of nitrogens with zero attached hydrogens (tertiary/aromatic N) is 2. The van der Waals surface area contributed by atoms with E-state index in [0.717, 1.165) is 0 Å². The van der Waals surface area contributed by atoms with Crippen molar-refractivity contribution < 1.29 is 17.8 Å². The fraction of sp³-hybridized carbons (Fsp3) is 0.235. The van der Waals surface area contributed by atoms with E-state index >= 15 is 0 Å². The maximum atomic E-state index is 12.6. The second kappa shape index (κ2) is 8.25. The summed E-state index contributed by atoms with van der Waals surface area (Å²) in [6.07, 6.45) is 0. The Bertz CT molecular complexity index is 1050. The van der Waals surface area contributed by atoms with E-state index in [1.807, 2.05) is 0 Å². The van der Waals surface area contributed by atoms with Crippen molar-refractivity contribution in [1.29, 1.82) is 0 Å². The van der Waals surface area contributed by atoms with Gasteiger partial charge in [0.2, 0.25) is 10.0 Å². The lowest BCUT2D eigenvalue weighted by Crippen LogP contribution is -2.30. The number of sulfonamides is 1. The number of hydrogen-bond acceptors (Lipinski definition) is 7. The van der Waals surface area contributed by atoms with Crippen LogP contribution in [0.15, 0.2) is 52.0 Å². The first kappa shape index (κ1) is 19.0. The normalized spacial score (nSPS) is 11.6. The largest absolute Gasteiger partial charge is 0.351 e. The maximum Gasteiger partial charge on any atom is 0.251 e. The zero-order chi connectivity index (χ0) is 19.3. The molecule has 27 heavy (non-hydrogen) atoms. The predicted molar refractivity (Wildman–Crippen MR) is 98.5 cm³/mol. The van der Waals surface area contributed by atoms with Crippen molar-refractivity contribution in [3.05, 3.63) is 53.6 Å². The minimum Gasteiger partial charge on any atom is -0.351 e. The topological polar surface area (TPSA) is 126 Å². The Balaban J connectivity index is 1.70. The van der Waals surface area contributed by atoms with Crippen LogP contribution in [-0.2, 0) is 16.6 Å². The van der Waals surface area contributed by atoms with Crippen LogP contribution in [-0.4, -0.2) is 44.8 Å². The zero-order valence-corrected chi connectivity index (χ0v) is 15.4. The van der Waals surface area contributed by atoms with Crippen LogP contribution in [0.4, 0.5) is 0 Å². The number of aromatic nitrogens is 2. The smallest absolute Gasteiger partial charge is 0.251 e. The molecule has 3 rings (SSSR count). The van der Waals surface area contributed by atoms with Gasteiger partial charge in [-0.2, -0.15) is 0 Å². The SMILES string of the molecule is CNCCNC(=O)c1cccc(S(=O)(=O)NCc2ccc3nonc3c2)c1. The van der Waals surface area contributed by atoms with Gasteiger partial charge < -0.3 is 10.6 Å². The fourth-order valence-electron chi connectivity index (χ4n) is 2.41. The summed E-state index contributed by atoms with van der Waals surface area (Å²) in [4.78, 5) is 12.1. The number of nitrogens with one attached hydrogen (secondary N) is 3. The summed E-state index contributed by atoms with van der Waals surface area (Å²) in [5.74, 6) is -0.328. The molecule has 0 unspecified atom stereocenters. The second-order valence-electron chi connectivity index (χ2n) is 5.80. The molecule has 1 amide bonds. The van der Waals surface area contributed by atoms with Gasteiger partial charge >= 0.3 is 0 Å². The summed E-state index contributed by atoms with van der Waals surface area (Å²) in [6.45, 7) is 1.14. The van der Waals surface area contributed by atoms with Crippen molar-refractivity contribution in [2.75, 3.05) is 20.1 Å². The van der Waals surface area contributed by atoms with Crippen LogP contribution >= 0.6 is 0 Å². The maximum absolute atomic E-state index is 12.6. The lowest BCUT2D eigenvalue weighted by atomic mass is 10.2. The number of carbonyl (C=O) groups excluding carboxylic acids is 1. The van der Waals surface area contributed by atoms with Crippen molar-refractivity contribution in [2.45, 2.75) is 11.4 Å². The standard InChI is InChI=1S/C17H19N5O4S/c1-18-7-8-19-17(23)13-3-2-4-14(10-13)27(24,25)20-11-12-5-6-15-16(9-12)22-26-21-15/h2-6,9-10,18,20H,7-8,11H2,1H3,(H,19,23). The molecule has 0 radical (unpaired) electrons. The third-order valence-electron chi connectivity index (χ3n) is 3.85. The molecule has 0 atom stereocenters. The van der Waals surface area contributed by atoms with E-state index in [-0.39, 0.29) is 22.9 Å². The second-order valence-corrected chi connectivity index (χ2v) is 7.57. The lowest BCUT2D eigenvalue weighted by Gasteiger charge is -2.09. The molecule has 0 bridgehead atoms. The van der Waals surface area contributed by atoms with Crippen LogP contribution in [0.2, 0.25) is 0 Å². The van der Waals surface area contributed by atoms with Crippen molar-refractivity contribution >= 4 is 27.0 Å². The number of hydrogen-bond donors (Lipinski definition) is 3. The molecule has 142 valence electrons. The number of carbonyl (C=O) groups is 1. The van der Waals surface area contributed by atoms with Gasteiger partial charge in [0.05, 0.1) is 4.90 Å². The van der Waals surface area contributed by atoms with Crippen molar-refractivity contribution in [2.24, 2.45) is 0 Å². The Morgan fingerprint density at radius 1 is 1.07 bits per heavy atom. The van der Waals surface area contributed by atoms with Gasteiger partial charge in [-0.25, -0.2) is 17.8 Å². The first-order valence-electron chi connectivity index (χ1n) is 8.23. The third-order valence-corrected chi connectivity index (χ3v) is 5.25.